The van der Waals surface area contributed by atoms with Crippen molar-refractivity contribution in [2.24, 2.45) is 0 Å². The highest BCUT2D eigenvalue weighted by Crippen LogP contribution is 2.24. The summed E-state index contributed by atoms with van der Waals surface area (Å²) in [6.45, 7) is 9.70. The molecule has 132 valence electrons. The second-order valence-electron chi connectivity index (χ2n) is 5.44. The maximum Gasteiger partial charge on any atom is 0.119 e. The molecule has 0 unspecified atom stereocenters. The summed E-state index contributed by atoms with van der Waals surface area (Å²) >= 11 is 1.42. The Hall–Kier alpha value is -2.01. The maximum absolute atomic E-state index is 5.78. The average Bonchev–Trinajstić information content (AvgIpc) is 2.65. The van der Waals surface area contributed by atoms with E-state index >= 15 is 0 Å². The molecule has 0 atom stereocenters. The zero-order valence-corrected chi connectivity index (χ0v) is 15.5. The molecule has 0 saturated heterocycles. The number of hydrogen-bond donors (Lipinski definition) is 1. The lowest BCUT2D eigenvalue weighted by Crippen LogP contribution is -2.06. The van der Waals surface area contributed by atoms with E-state index < -0.39 is 0 Å². The minimum absolute atomic E-state index is 0.614. The highest BCUT2D eigenvalue weighted by molar-refractivity contribution is 7.94. The zero-order chi connectivity index (χ0) is 17.9. The maximum atomic E-state index is 5.78. The first-order valence-corrected chi connectivity index (χ1v) is 9.06. The Morgan fingerprint density at radius 3 is 2.60 bits per heavy atom. The summed E-state index contributed by atoms with van der Waals surface area (Å²) < 4.78 is 11.5. The first-order valence-electron chi connectivity index (χ1n) is 8.32. The van der Waals surface area contributed by atoms with Gasteiger partial charge in [0.25, 0.3) is 0 Å². The highest BCUT2D eigenvalue weighted by atomic mass is 32.2. The lowest BCUT2D eigenvalue weighted by atomic mass is 10.1. The van der Waals surface area contributed by atoms with E-state index in [1.165, 1.54) is 17.6 Å². The predicted octanol–water partition coefficient (Wildman–Crippen LogP) is 5.18. The summed E-state index contributed by atoms with van der Waals surface area (Å²) in [5.41, 5.74) is 3.33. The molecular weight excluding hydrogens is 330 g/mol. The Bertz CT molecular complexity index is 700. The van der Waals surface area contributed by atoms with E-state index in [2.05, 4.69) is 30.6 Å². The third kappa shape index (κ3) is 6.09. The van der Waals surface area contributed by atoms with Crippen LogP contribution in [0.4, 0.5) is 0 Å². The van der Waals surface area contributed by atoms with Gasteiger partial charge in [-0.3, -0.25) is 0 Å². The van der Waals surface area contributed by atoms with Gasteiger partial charge in [-0.2, -0.15) is 0 Å². The molecule has 0 aliphatic rings. The highest BCUT2D eigenvalue weighted by Gasteiger charge is 2.03. The molecule has 2 aromatic rings. The molecule has 4 heteroatoms. The van der Waals surface area contributed by atoms with E-state index in [4.69, 9.17) is 8.92 Å². The Kier molecular flexibility index (Phi) is 8.32. The van der Waals surface area contributed by atoms with Gasteiger partial charge in [-0.1, -0.05) is 49.6 Å². The standard InChI is InChI=1S/C21H25NO2S/c1-4-17-11-12-20(15-18(17)5-2)23-13-8-14-24-25-21-10-7-6-9-19(21)16-22-3/h4-7,9-12,15,22H,1-2,8,13-14,16H2,3H3. The quantitative estimate of drug-likeness (QED) is 0.444. The second-order valence-corrected chi connectivity index (χ2v) is 6.29. The van der Waals surface area contributed by atoms with Crippen molar-refractivity contribution in [1.82, 2.24) is 5.32 Å². The van der Waals surface area contributed by atoms with Crippen molar-refractivity contribution < 1.29 is 8.92 Å². The van der Waals surface area contributed by atoms with Crippen LogP contribution in [0, 0.1) is 0 Å². The van der Waals surface area contributed by atoms with Gasteiger partial charge in [0.1, 0.15) is 5.75 Å². The fourth-order valence-electron chi connectivity index (χ4n) is 2.34. The molecule has 2 aromatic carbocycles. The van der Waals surface area contributed by atoms with Crippen LogP contribution >= 0.6 is 12.0 Å². The molecule has 0 aliphatic heterocycles. The van der Waals surface area contributed by atoms with Gasteiger partial charge in [0.2, 0.25) is 0 Å². The molecule has 2 rings (SSSR count). The van der Waals surface area contributed by atoms with Gasteiger partial charge in [0.05, 0.1) is 13.2 Å². The number of nitrogens with one attached hydrogen (secondary N) is 1. The molecular formula is C21H25NO2S. The summed E-state index contributed by atoms with van der Waals surface area (Å²) in [5, 5.41) is 3.17. The van der Waals surface area contributed by atoms with Gasteiger partial charge in [0.15, 0.2) is 0 Å². The van der Waals surface area contributed by atoms with E-state index in [0.29, 0.717) is 13.2 Å². The van der Waals surface area contributed by atoms with E-state index in [-0.39, 0.29) is 0 Å². The number of benzene rings is 2. The average molecular weight is 356 g/mol. The van der Waals surface area contributed by atoms with E-state index in [0.717, 1.165) is 34.7 Å². The third-order valence-corrected chi connectivity index (χ3v) is 4.49. The van der Waals surface area contributed by atoms with Crippen LogP contribution in [0.2, 0.25) is 0 Å². The van der Waals surface area contributed by atoms with Crippen molar-refractivity contribution in [2.75, 3.05) is 20.3 Å². The summed E-state index contributed by atoms with van der Waals surface area (Å²) in [6, 6.07) is 14.2. The molecule has 25 heavy (non-hydrogen) atoms. The molecule has 0 aromatic heterocycles. The first kappa shape index (κ1) is 19.3. The van der Waals surface area contributed by atoms with Crippen molar-refractivity contribution in [3.63, 3.8) is 0 Å². The number of hydrogen-bond acceptors (Lipinski definition) is 4. The minimum atomic E-state index is 0.614. The van der Waals surface area contributed by atoms with Crippen molar-refractivity contribution in [3.05, 3.63) is 72.3 Å². The topological polar surface area (TPSA) is 30.5 Å². The minimum Gasteiger partial charge on any atom is -0.493 e. The lowest BCUT2D eigenvalue weighted by molar-refractivity contribution is 0.266. The van der Waals surface area contributed by atoms with Gasteiger partial charge in [0, 0.05) is 29.9 Å². The molecule has 3 nitrogen and oxygen atoms in total. The monoisotopic (exact) mass is 355 g/mol. The summed E-state index contributed by atoms with van der Waals surface area (Å²) in [7, 11) is 1.94. The van der Waals surface area contributed by atoms with E-state index in [9.17, 15) is 0 Å². The number of ether oxygens (including phenoxy) is 1. The van der Waals surface area contributed by atoms with Crippen molar-refractivity contribution in [2.45, 2.75) is 17.9 Å². The van der Waals surface area contributed by atoms with E-state index in [1.54, 1.807) is 0 Å². The van der Waals surface area contributed by atoms with Crippen LogP contribution in [0.3, 0.4) is 0 Å². The normalized spacial score (nSPS) is 10.4. The van der Waals surface area contributed by atoms with Crippen LogP contribution in [-0.2, 0) is 10.7 Å². The Morgan fingerprint density at radius 2 is 1.84 bits per heavy atom. The van der Waals surface area contributed by atoms with Gasteiger partial charge in [-0.25, -0.2) is 0 Å². The van der Waals surface area contributed by atoms with E-state index in [1.807, 2.05) is 49.5 Å². The van der Waals surface area contributed by atoms with Crippen molar-refractivity contribution >= 4 is 24.2 Å². The summed E-state index contributed by atoms with van der Waals surface area (Å²) in [5.74, 6) is 0.840. The fourth-order valence-corrected chi connectivity index (χ4v) is 3.05. The molecule has 0 bridgehead atoms. The molecule has 0 aliphatic carbocycles. The van der Waals surface area contributed by atoms with Gasteiger partial charge < -0.3 is 14.2 Å². The molecule has 0 fully saturated rings. The van der Waals surface area contributed by atoms with Gasteiger partial charge >= 0.3 is 0 Å². The third-order valence-electron chi connectivity index (χ3n) is 3.63. The first-order chi connectivity index (χ1) is 12.3. The van der Waals surface area contributed by atoms with Crippen molar-refractivity contribution in [1.29, 1.82) is 0 Å². The van der Waals surface area contributed by atoms with Crippen LogP contribution in [0.15, 0.2) is 60.5 Å². The predicted molar refractivity (Wildman–Crippen MR) is 108 cm³/mol. The van der Waals surface area contributed by atoms with Gasteiger partial charge in [-0.05, 0) is 41.9 Å². The summed E-state index contributed by atoms with van der Waals surface area (Å²) in [6.07, 6.45) is 4.46. The summed E-state index contributed by atoms with van der Waals surface area (Å²) in [4.78, 5) is 1.15. The molecule has 0 spiro atoms. The Balaban J connectivity index is 1.72. The largest absolute Gasteiger partial charge is 0.493 e. The lowest BCUT2D eigenvalue weighted by Gasteiger charge is -2.10. The van der Waals surface area contributed by atoms with Crippen LogP contribution in [0.5, 0.6) is 5.75 Å². The second kappa shape index (κ2) is 10.8. The van der Waals surface area contributed by atoms with Crippen LogP contribution in [-0.4, -0.2) is 20.3 Å². The molecule has 0 amide bonds. The fraction of sp³-hybridized carbons (Fsp3) is 0.238. The zero-order valence-electron chi connectivity index (χ0n) is 14.7. The van der Waals surface area contributed by atoms with Crippen LogP contribution in [0.25, 0.3) is 12.2 Å². The molecule has 0 saturated carbocycles. The SMILES string of the molecule is C=Cc1ccc(OCCCOSc2ccccc2CNC)cc1C=C. The van der Waals surface area contributed by atoms with Crippen LogP contribution < -0.4 is 10.1 Å². The van der Waals surface area contributed by atoms with Crippen molar-refractivity contribution in [3.8, 4) is 5.75 Å². The smallest absolute Gasteiger partial charge is 0.119 e. The number of rotatable bonds is 11. The Morgan fingerprint density at radius 1 is 1.04 bits per heavy atom. The Labute approximate surface area is 155 Å². The molecule has 0 heterocycles. The van der Waals surface area contributed by atoms with Crippen LogP contribution in [0.1, 0.15) is 23.1 Å². The molecule has 1 N–H and O–H groups in total. The van der Waals surface area contributed by atoms with Gasteiger partial charge in [-0.15, -0.1) is 0 Å². The molecule has 0 radical (unpaired) electrons.